The quantitative estimate of drug-likeness (QED) is 0.825. The molecule has 2 aromatic rings. The van der Waals surface area contributed by atoms with Crippen LogP contribution >= 0.6 is 0 Å². The van der Waals surface area contributed by atoms with Gasteiger partial charge in [-0.15, -0.1) is 0 Å². The van der Waals surface area contributed by atoms with E-state index in [0.29, 0.717) is 5.69 Å². The number of rotatable bonds is 5. The third-order valence-corrected chi connectivity index (χ3v) is 3.29. The van der Waals surface area contributed by atoms with E-state index in [-0.39, 0.29) is 12.6 Å². The number of amides is 2. The van der Waals surface area contributed by atoms with Crippen molar-refractivity contribution in [2.24, 2.45) is 0 Å². The van der Waals surface area contributed by atoms with Crippen LogP contribution in [0.2, 0.25) is 0 Å². The molecule has 0 fully saturated rings. The van der Waals surface area contributed by atoms with Gasteiger partial charge in [0.15, 0.2) is 6.29 Å². The van der Waals surface area contributed by atoms with Crippen LogP contribution in [0.25, 0.3) is 11.0 Å². The maximum Gasteiger partial charge on any atom is 0.319 e. The topological polar surface area (TPSA) is 85.4 Å². The van der Waals surface area contributed by atoms with E-state index >= 15 is 0 Å². The minimum absolute atomic E-state index is 0.254. The van der Waals surface area contributed by atoms with Gasteiger partial charge in [0.05, 0.1) is 29.0 Å². The highest BCUT2D eigenvalue weighted by atomic mass is 16.7. The Balaban J connectivity index is 2.05. The lowest BCUT2D eigenvalue weighted by Crippen LogP contribution is -2.36. The number of methoxy groups -OCH3 is 2. The highest BCUT2D eigenvalue weighted by Crippen LogP contribution is 2.17. The first-order valence-corrected chi connectivity index (χ1v) is 6.89. The molecule has 2 amide bonds. The number of carbonyl (C=O) groups is 1. The first-order valence-electron chi connectivity index (χ1n) is 6.89. The molecule has 1 heterocycles. The zero-order valence-corrected chi connectivity index (χ0v) is 13.1. The number of anilines is 1. The monoisotopic (exact) mass is 304 g/mol. The fraction of sp³-hybridized carbons (Fsp3) is 0.400. The molecule has 0 unspecified atom stereocenters. The van der Waals surface area contributed by atoms with Gasteiger partial charge in [-0.1, -0.05) is 0 Å². The molecule has 22 heavy (non-hydrogen) atoms. The van der Waals surface area contributed by atoms with Crippen molar-refractivity contribution in [2.75, 3.05) is 26.1 Å². The van der Waals surface area contributed by atoms with Crippen molar-refractivity contribution in [1.82, 2.24) is 15.3 Å². The fourth-order valence-electron chi connectivity index (χ4n) is 1.92. The summed E-state index contributed by atoms with van der Waals surface area (Å²) in [5.41, 5.74) is 3.96. The predicted octanol–water partition coefficient (Wildman–Crippen LogP) is 1.99. The normalized spacial score (nSPS) is 11.0. The summed E-state index contributed by atoms with van der Waals surface area (Å²) in [4.78, 5) is 20.8. The number of fused-ring (bicyclic) bond motifs is 1. The molecule has 1 aromatic heterocycles. The van der Waals surface area contributed by atoms with Crippen LogP contribution in [0.15, 0.2) is 18.2 Å². The first kappa shape index (κ1) is 16.1. The standard InChI is InChI=1S/C15H20N4O3/c1-9-10(2)18-13-7-11(5-6-12(13)17-9)19-15(20)16-8-14(21-3)22-4/h5-7,14H,8H2,1-4H3,(H2,16,19,20). The van der Waals surface area contributed by atoms with Gasteiger partial charge in [-0.2, -0.15) is 0 Å². The van der Waals surface area contributed by atoms with Crippen molar-refractivity contribution in [3.8, 4) is 0 Å². The van der Waals surface area contributed by atoms with Crippen LogP contribution in [0.5, 0.6) is 0 Å². The van der Waals surface area contributed by atoms with Crippen LogP contribution in [0, 0.1) is 13.8 Å². The molecular formula is C15H20N4O3. The Morgan fingerprint density at radius 3 is 2.41 bits per heavy atom. The summed E-state index contributed by atoms with van der Waals surface area (Å²) in [6.07, 6.45) is -0.473. The minimum atomic E-state index is -0.473. The number of urea groups is 1. The number of aromatic nitrogens is 2. The van der Waals surface area contributed by atoms with Gasteiger partial charge in [-0.25, -0.2) is 14.8 Å². The largest absolute Gasteiger partial charge is 0.354 e. The van der Waals surface area contributed by atoms with Gasteiger partial charge in [0.2, 0.25) is 0 Å². The lowest BCUT2D eigenvalue weighted by atomic mass is 10.2. The molecule has 0 saturated carbocycles. The van der Waals surface area contributed by atoms with E-state index in [2.05, 4.69) is 20.6 Å². The molecule has 0 atom stereocenters. The number of aryl methyl sites for hydroxylation is 2. The zero-order chi connectivity index (χ0) is 16.1. The number of nitrogens with one attached hydrogen (secondary N) is 2. The first-order chi connectivity index (χ1) is 10.5. The number of carbonyl (C=O) groups excluding carboxylic acids is 1. The summed E-state index contributed by atoms with van der Waals surface area (Å²) in [5.74, 6) is 0. The molecule has 0 saturated heterocycles. The van der Waals surface area contributed by atoms with Crippen LogP contribution in [0.1, 0.15) is 11.4 Å². The van der Waals surface area contributed by atoms with Crippen molar-refractivity contribution in [3.63, 3.8) is 0 Å². The van der Waals surface area contributed by atoms with Gasteiger partial charge in [0.25, 0.3) is 0 Å². The molecule has 7 nitrogen and oxygen atoms in total. The third kappa shape index (κ3) is 3.90. The highest BCUT2D eigenvalue weighted by Gasteiger charge is 2.09. The molecule has 2 rings (SSSR count). The molecule has 1 aromatic carbocycles. The van der Waals surface area contributed by atoms with E-state index < -0.39 is 6.29 Å². The second-order valence-electron chi connectivity index (χ2n) is 4.83. The molecule has 2 N–H and O–H groups in total. The van der Waals surface area contributed by atoms with Crippen molar-refractivity contribution in [1.29, 1.82) is 0 Å². The summed E-state index contributed by atoms with van der Waals surface area (Å²) >= 11 is 0. The third-order valence-electron chi connectivity index (χ3n) is 3.29. The lowest BCUT2D eigenvalue weighted by molar-refractivity contribution is -0.0970. The minimum Gasteiger partial charge on any atom is -0.354 e. The summed E-state index contributed by atoms with van der Waals surface area (Å²) in [6, 6.07) is 5.07. The molecule has 0 aliphatic rings. The SMILES string of the molecule is COC(CNC(=O)Nc1ccc2nc(C)c(C)nc2c1)OC. The van der Waals surface area contributed by atoms with Crippen LogP contribution < -0.4 is 10.6 Å². The number of hydrogen-bond acceptors (Lipinski definition) is 5. The number of benzene rings is 1. The predicted molar refractivity (Wildman–Crippen MR) is 83.8 cm³/mol. The van der Waals surface area contributed by atoms with Crippen molar-refractivity contribution in [3.05, 3.63) is 29.6 Å². The van der Waals surface area contributed by atoms with E-state index in [9.17, 15) is 4.79 Å². The van der Waals surface area contributed by atoms with E-state index in [0.717, 1.165) is 22.4 Å². The average Bonchev–Trinajstić information content (AvgIpc) is 2.50. The van der Waals surface area contributed by atoms with Crippen molar-refractivity contribution < 1.29 is 14.3 Å². The molecule has 0 bridgehead atoms. The van der Waals surface area contributed by atoms with Crippen molar-refractivity contribution >= 4 is 22.8 Å². The van der Waals surface area contributed by atoms with E-state index in [1.54, 1.807) is 12.1 Å². The van der Waals surface area contributed by atoms with Gasteiger partial charge >= 0.3 is 6.03 Å². The van der Waals surface area contributed by atoms with E-state index in [1.165, 1.54) is 14.2 Å². The number of nitrogens with zero attached hydrogens (tertiary/aromatic N) is 2. The average molecular weight is 304 g/mol. The number of ether oxygens (including phenoxy) is 2. The Kier molecular flexibility index (Phi) is 5.24. The molecular weight excluding hydrogens is 284 g/mol. The summed E-state index contributed by atoms with van der Waals surface area (Å²) < 4.78 is 10.00. The van der Waals surface area contributed by atoms with Crippen LogP contribution in [0.3, 0.4) is 0 Å². The van der Waals surface area contributed by atoms with Crippen LogP contribution in [-0.2, 0) is 9.47 Å². The number of hydrogen-bond donors (Lipinski definition) is 2. The molecule has 0 radical (unpaired) electrons. The van der Waals surface area contributed by atoms with E-state index in [4.69, 9.17) is 9.47 Å². The molecule has 0 aliphatic carbocycles. The van der Waals surface area contributed by atoms with E-state index in [1.807, 2.05) is 19.9 Å². The van der Waals surface area contributed by atoms with Gasteiger partial charge in [0.1, 0.15) is 0 Å². The van der Waals surface area contributed by atoms with Gasteiger partial charge in [-0.3, -0.25) is 0 Å². The van der Waals surface area contributed by atoms with Crippen LogP contribution in [0.4, 0.5) is 10.5 Å². The second-order valence-corrected chi connectivity index (χ2v) is 4.83. The lowest BCUT2D eigenvalue weighted by Gasteiger charge is -2.14. The van der Waals surface area contributed by atoms with Gasteiger partial charge in [0, 0.05) is 19.9 Å². The highest BCUT2D eigenvalue weighted by molar-refractivity contribution is 5.91. The Labute approximate surface area is 129 Å². The smallest absolute Gasteiger partial charge is 0.319 e. The maximum atomic E-state index is 11.8. The summed E-state index contributed by atoms with van der Waals surface area (Å²) in [7, 11) is 3.03. The fourth-order valence-corrected chi connectivity index (χ4v) is 1.92. The van der Waals surface area contributed by atoms with Crippen LogP contribution in [-0.4, -0.2) is 43.1 Å². The Hall–Kier alpha value is -2.25. The maximum absolute atomic E-state index is 11.8. The Bertz CT molecular complexity index is 671. The molecule has 0 aliphatic heterocycles. The van der Waals surface area contributed by atoms with Gasteiger partial charge in [-0.05, 0) is 32.0 Å². The zero-order valence-electron chi connectivity index (χ0n) is 13.1. The molecule has 0 spiro atoms. The summed E-state index contributed by atoms with van der Waals surface area (Å²) in [6.45, 7) is 4.08. The van der Waals surface area contributed by atoms with Crippen molar-refractivity contribution in [2.45, 2.75) is 20.1 Å². The molecule has 118 valence electrons. The van der Waals surface area contributed by atoms with Gasteiger partial charge < -0.3 is 20.1 Å². The second kappa shape index (κ2) is 7.15. The molecule has 7 heteroatoms. The Morgan fingerprint density at radius 1 is 1.14 bits per heavy atom. The Morgan fingerprint density at radius 2 is 1.77 bits per heavy atom. The summed E-state index contributed by atoms with van der Waals surface area (Å²) in [5, 5.41) is 5.41.